The van der Waals surface area contributed by atoms with E-state index in [0.717, 1.165) is 25.1 Å². The Kier molecular flexibility index (Phi) is 4.12. The van der Waals surface area contributed by atoms with E-state index in [4.69, 9.17) is 0 Å². The summed E-state index contributed by atoms with van der Waals surface area (Å²) < 4.78 is 15.3. The zero-order chi connectivity index (χ0) is 18.1. The summed E-state index contributed by atoms with van der Waals surface area (Å²) in [5.74, 6) is 0.294. The van der Waals surface area contributed by atoms with Crippen LogP contribution in [0.5, 0.6) is 0 Å². The minimum absolute atomic E-state index is 0.0848. The van der Waals surface area contributed by atoms with E-state index in [2.05, 4.69) is 15.6 Å². The number of anilines is 2. The number of benzene rings is 2. The van der Waals surface area contributed by atoms with E-state index in [9.17, 15) is 14.0 Å². The molecule has 132 valence electrons. The van der Waals surface area contributed by atoms with Crippen molar-refractivity contribution in [3.05, 3.63) is 64.5 Å². The summed E-state index contributed by atoms with van der Waals surface area (Å²) >= 11 is 0. The highest BCUT2D eigenvalue weighted by Crippen LogP contribution is 2.19. The molecule has 2 N–H and O–H groups in total. The lowest BCUT2D eigenvalue weighted by Gasteiger charge is -2.18. The fourth-order valence-electron chi connectivity index (χ4n) is 3.17. The lowest BCUT2D eigenvalue weighted by Crippen LogP contribution is -2.28. The van der Waals surface area contributed by atoms with Crippen LogP contribution in [0.2, 0.25) is 0 Å². The molecule has 1 aromatic heterocycles. The number of hydrogen-bond acceptors (Lipinski definition) is 3. The van der Waals surface area contributed by atoms with Gasteiger partial charge in [0.25, 0.3) is 5.56 Å². The van der Waals surface area contributed by atoms with Gasteiger partial charge in [-0.3, -0.25) is 9.36 Å². The second kappa shape index (κ2) is 6.59. The number of hydrogen-bond donors (Lipinski definition) is 2. The van der Waals surface area contributed by atoms with Gasteiger partial charge in [-0.2, -0.15) is 0 Å². The third kappa shape index (κ3) is 3.03. The van der Waals surface area contributed by atoms with Crippen molar-refractivity contribution >= 4 is 28.3 Å². The largest absolute Gasteiger partial charge is 0.323 e. The fraction of sp³-hybridized carbons (Fsp3) is 0.211. The molecule has 1 aliphatic rings. The van der Waals surface area contributed by atoms with Crippen molar-refractivity contribution in [3.63, 3.8) is 0 Å². The van der Waals surface area contributed by atoms with Crippen molar-refractivity contribution < 1.29 is 9.18 Å². The Balaban J connectivity index is 1.61. The Hall–Kier alpha value is -3.22. The summed E-state index contributed by atoms with van der Waals surface area (Å²) in [4.78, 5) is 29.4. The summed E-state index contributed by atoms with van der Waals surface area (Å²) in [6.07, 6.45) is 2.80. The van der Waals surface area contributed by atoms with Gasteiger partial charge in [0, 0.05) is 18.7 Å². The number of urea groups is 1. The van der Waals surface area contributed by atoms with E-state index >= 15 is 0 Å². The van der Waals surface area contributed by atoms with E-state index in [1.807, 2.05) is 0 Å². The molecule has 7 heteroatoms. The molecule has 2 aromatic carbocycles. The summed E-state index contributed by atoms with van der Waals surface area (Å²) in [5, 5.41) is 5.53. The molecule has 1 aliphatic heterocycles. The fourth-order valence-corrected chi connectivity index (χ4v) is 3.17. The molecule has 0 radical (unpaired) electrons. The van der Waals surface area contributed by atoms with Crippen LogP contribution in [0.4, 0.5) is 20.6 Å². The predicted molar refractivity (Wildman–Crippen MR) is 98.0 cm³/mol. The molecule has 0 aliphatic carbocycles. The topological polar surface area (TPSA) is 76.0 Å². The normalized spacial score (nSPS) is 13.3. The highest BCUT2D eigenvalue weighted by molar-refractivity contribution is 6.00. The average molecular weight is 352 g/mol. The Morgan fingerprint density at radius 2 is 1.96 bits per heavy atom. The van der Waals surface area contributed by atoms with Crippen molar-refractivity contribution in [1.82, 2.24) is 9.55 Å². The molecule has 4 rings (SSSR count). The Bertz CT molecular complexity index is 1060. The minimum atomic E-state index is -0.583. The highest BCUT2D eigenvalue weighted by atomic mass is 19.1. The number of nitrogens with one attached hydrogen (secondary N) is 2. The standard InChI is InChI=1S/C19H17FN4O2/c20-14-5-1-2-6-16(14)23-19(26)21-12-8-9-15-13(11-12)18(25)24-10-4-3-7-17(24)22-15/h1-2,5-6,8-9,11H,3-4,7,10H2,(H2,21,23,26). The molecule has 3 aromatic rings. The SMILES string of the molecule is O=C(Nc1ccc2nc3n(c(=O)c2c1)CCCC3)Nc1ccccc1F. The molecule has 0 spiro atoms. The first-order chi connectivity index (χ1) is 12.6. The number of aryl methyl sites for hydroxylation is 1. The number of fused-ring (bicyclic) bond motifs is 2. The van der Waals surface area contributed by atoms with Gasteiger partial charge >= 0.3 is 6.03 Å². The van der Waals surface area contributed by atoms with Crippen LogP contribution < -0.4 is 16.2 Å². The van der Waals surface area contributed by atoms with E-state index < -0.39 is 11.8 Å². The molecule has 2 heterocycles. The Morgan fingerprint density at radius 3 is 2.81 bits per heavy atom. The second-order valence-electron chi connectivity index (χ2n) is 6.23. The first kappa shape index (κ1) is 16.3. The van der Waals surface area contributed by atoms with E-state index in [1.165, 1.54) is 12.1 Å². The molecule has 0 unspecified atom stereocenters. The monoisotopic (exact) mass is 352 g/mol. The smallest absolute Gasteiger partial charge is 0.308 e. The molecular formula is C19H17FN4O2. The quantitative estimate of drug-likeness (QED) is 0.741. The van der Waals surface area contributed by atoms with Crippen LogP contribution >= 0.6 is 0 Å². The number of halogens is 1. The molecule has 0 bridgehead atoms. The van der Waals surface area contributed by atoms with Gasteiger partial charge in [-0.15, -0.1) is 0 Å². The van der Waals surface area contributed by atoms with Gasteiger partial charge < -0.3 is 10.6 Å². The van der Waals surface area contributed by atoms with Gasteiger partial charge in [0.15, 0.2) is 0 Å². The second-order valence-corrected chi connectivity index (χ2v) is 6.23. The third-order valence-electron chi connectivity index (χ3n) is 4.45. The molecular weight excluding hydrogens is 335 g/mol. The van der Waals surface area contributed by atoms with Crippen LogP contribution in [0, 0.1) is 5.82 Å². The van der Waals surface area contributed by atoms with E-state index in [-0.39, 0.29) is 11.2 Å². The van der Waals surface area contributed by atoms with Crippen LogP contribution in [-0.4, -0.2) is 15.6 Å². The van der Waals surface area contributed by atoms with Crippen molar-refractivity contribution in [2.75, 3.05) is 10.6 Å². The Labute approximate surface area is 148 Å². The molecule has 0 saturated carbocycles. The number of carbonyl (C=O) groups excluding carboxylic acids is 1. The lowest BCUT2D eigenvalue weighted by molar-refractivity contribution is 0.262. The molecule has 0 saturated heterocycles. The number of amides is 2. The number of rotatable bonds is 2. The van der Waals surface area contributed by atoms with E-state index in [0.29, 0.717) is 23.1 Å². The minimum Gasteiger partial charge on any atom is -0.308 e. The van der Waals surface area contributed by atoms with Gasteiger partial charge in [0.05, 0.1) is 16.6 Å². The number of para-hydroxylation sites is 1. The maximum absolute atomic E-state index is 13.6. The van der Waals surface area contributed by atoms with Crippen LogP contribution in [-0.2, 0) is 13.0 Å². The summed E-state index contributed by atoms with van der Waals surface area (Å²) in [7, 11) is 0. The van der Waals surface area contributed by atoms with Gasteiger partial charge in [-0.05, 0) is 43.2 Å². The number of nitrogens with zero attached hydrogens (tertiary/aromatic N) is 2. The zero-order valence-electron chi connectivity index (χ0n) is 14.0. The number of carbonyl (C=O) groups is 1. The van der Waals surface area contributed by atoms with Crippen LogP contribution in [0.1, 0.15) is 18.7 Å². The van der Waals surface area contributed by atoms with Crippen LogP contribution in [0.25, 0.3) is 10.9 Å². The van der Waals surface area contributed by atoms with Crippen molar-refractivity contribution in [2.24, 2.45) is 0 Å². The third-order valence-corrected chi connectivity index (χ3v) is 4.45. The number of aromatic nitrogens is 2. The zero-order valence-corrected chi connectivity index (χ0v) is 14.0. The first-order valence-corrected chi connectivity index (χ1v) is 8.48. The van der Waals surface area contributed by atoms with Crippen LogP contribution in [0.15, 0.2) is 47.3 Å². The van der Waals surface area contributed by atoms with E-state index in [1.54, 1.807) is 34.9 Å². The maximum atomic E-state index is 13.6. The molecule has 6 nitrogen and oxygen atoms in total. The molecule has 26 heavy (non-hydrogen) atoms. The van der Waals surface area contributed by atoms with Crippen molar-refractivity contribution in [1.29, 1.82) is 0 Å². The summed E-state index contributed by atoms with van der Waals surface area (Å²) in [6.45, 7) is 0.669. The van der Waals surface area contributed by atoms with Gasteiger partial charge in [-0.1, -0.05) is 12.1 Å². The predicted octanol–water partition coefficient (Wildman–Crippen LogP) is 3.52. The van der Waals surface area contributed by atoms with Crippen molar-refractivity contribution in [3.8, 4) is 0 Å². The summed E-state index contributed by atoms with van der Waals surface area (Å²) in [5.41, 5.74) is 1.05. The summed E-state index contributed by atoms with van der Waals surface area (Å²) in [6, 6.07) is 10.3. The average Bonchev–Trinajstić information content (AvgIpc) is 2.64. The van der Waals surface area contributed by atoms with Gasteiger partial charge in [0.2, 0.25) is 0 Å². The van der Waals surface area contributed by atoms with Crippen molar-refractivity contribution in [2.45, 2.75) is 25.8 Å². The molecule has 2 amide bonds. The first-order valence-electron chi connectivity index (χ1n) is 8.48. The van der Waals surface area contributed by atoms with Crippen LogP contribution in [0.3, 0.4) is 0 Å². The maximum Gasteiger partial charge on any atom is 0.323 e. The lowest BCUT2D eigenvalue weighted by atomic mass is 10.1. The molecule has 0 fully saturated rings. The van der Waals surface area contributed by atoms with Gasteiger partial charge in [-0.25, -0.2) is 14.2 Å². The van der Waals surface area contributed by atoms with Gasteiger partial charge in [0.1, 0.15) is 11.6 Å². The molecule has 0 atom stereocenters. The Morgan fingerprint density at radius 1 is 1.12 bits per heavy atom. The highest BCUT2D eigenvalue weighted by Gasteiger charge is 2.15.